The number of pyridine rings is 1. The molecule has 5 heteroatoms. The first kappa shape index (κ1) is 16.7. The van der Waals surface area contributed by atoms with Crippen LogP contribution in [0.1, 0.15) is 43.7 Å². The Morgan fingerprint density at radius 2 is 1.70 bits per heavy atom. The maximum atomic E-state index is 12.4. The van der Waals surface area contributed by atoms with Crippen LogP contribution < -0.4 is 10.6 Å². The zero-order valence-electron chi connectivity index (χ0n) is 13.8. The van der Waals surface area contributed by atoms with Gasteiger partial charge in [-0.25, -0.2) is 0 Å². The summed E-state index contributed by atoms with van der Waals surface area (Å²) in [6.07, 6.45) is 1.68. The molecule has 0 saturated carbocycles. The summed E-state index contributed by atoms with van der Waals surface area (Å²) in [5.74, 6) is -0.408. The van der Waals surface area contributed by atoms with Gasteiger partial charge in [0.25, 0.3) is 5.91 Å². The largest absolute Gasteiger partial charge is 0.326 e. The third-order valence-corrected chi connectivity index (χ3v) is 3.23. The lowest BCUT2D eigenvalue weighted by atomic mass is 9.91. The fraction of sp³-hybridized carbons (Fsp3) is 0.278. The Morgan fingerprint density at radius 3 is 2.35 bits per heavy atom. The van der Waals surface area contributed by atoms with E-state index in [1.165, 1.54) is 6.92 Å². The van der Waals surface area contributed by atoms with Gasteiger partial charge in [-0.3, -0.25) is 14.6 Å². The highest BCUT2D eigenvalue weighted by molar-refractivity contribution is 6.05. The van der Waals surface area contributed by atoms with Crippen LogP contribution >= 0.6 is 0 Å². The molecule has 0 spiro atoms. The number of amides is 2. The summed E-state index contributed by atoms with van der Waals surface area (Å²) in [4.78, 5) is 27.8. The van der Waals surface area contributed by atoms with Crippen LogP contribution in [0.2, 0.25) is 0 Å². The average Bonchev–Trinajstić information content (AvgIpc) is 2.46. The van der Waals surface area contributed by atoms with Crippen LogP contribution in [0.3, 0.4) is 0 Å². The van der Waals surface area contributed by atoms with E-state index in [-0.39, 0.29) is 17.2 Å². The zero-order valence-corrected chi connectivity index (χ0v) is 13.8. The molecule has 2 amide bonds. The van der Waals surface area contributed by atoms with E-state index in [2.05, 4.69) is 36.4 Å². The summed E-state index contributed by atoms with van der Waals surface area (Å²) >= 11 is 0. The molecule has 120 valence electrons. The molecule has 2 N–H and O–H groups in total. The molecular formula is C18H21N3O2. The molecule has 0 radical (unpaired) electrons. The van der Waals surface area contributed by atoms with Crippen molar-refractivity contribution < 1.29 is 9.59 Å². The number of anilines is 2. The summed E-state index contributed by atoms with van der Waals surface area (Å²) < 4.78 is 0. The predicted molar refractivity (Wildman–Crippen MR) is 91.6 cm³/mol. The minimum atomic E-state index is -0.233. The van der Waals surface area contributed by atoms with E-state index in [4.69, 9.17) is 0 Å². The van der Waals surface area contributed by atoms with Crippen LogP contribution in [0.5, 0.6) is 0 Å². The van der Waals surface area contributed by atoms with Gasteiger partial charge < -0.3 is 10.6 Å². The molecule has 0 unspecified atom stereocenters. The first-order valence-electron chi connectivity index (χ1n) is 7.41. The van der Waals surface area contributed by atoms with Crippen molar-refractivity contribution in [3.63, 3.8) is 0 Å². The highest BCUT2D eigenvalue weighted by Crippen LogP contribution is 2.22. The molecule has 0 fully saturated rings. The van der Waals surface area contributed by atoms with Gasteiger partial charge in [0.15, 0.2) is 0 Å². The summed E-state index contributed by atoms with van der Waals surface area (Å²) in [6, 6.07) is 10.4. The quantitative estimate of drug-likeness (QED) is 0.910. The zero-order chi connectivity index (χ0) is 17.0. The fourth-order valence-corrected chi connectivity index (χ4v) is 2.06. The van der Waals surface area contributed by atoms with Crippen molar-refractivity contribution in [1.82, 2.24) is 4.98 Å². The van der Waals surface area contributed by atoms with Crippen LogP contribution in [0, 0.1) is 0 Å². The number of hydrogen-bond donors (Lipinski definition) is 2. The number of rotatable bonds is 3. The van der Waals surface area contributed by atoms with E-state index in [0.717, 1.165) is 5.69 Å². The van der Waals surface area contributed by atoms with Gasteiger partial charge in [-0.15, -0.1) is 0 Å². The Balaban J connectivity index is 2.18. The maximum Gasteiger partial charge on any atom is 0.255 e. The lowest BCUT2D eigenvalue weighted by Crippen LogP contribution is -2.16. The van der Waals surface area contributed by atoms with Crippen LogP contribution in [0.15, 0.2) is 42.6 Å². The minimum Gasteiger partial charge on any atom is -0.326 e. The highest BCUT2D eigenvalue weighted by Gasteiger charge is 2.16. The SMILES string of the molecule is CC(=O)Nc1cccc(C(=O)Nc2ccnc(C(C)(C)C)c2)c1. The number of carbonyl (C=O) groups excluding carboxylic acids is 2. The van der Waals surface area contributed by atoms with E-state index >= 15 is 0 Å². The van der Waals surface area contributed by atoms with Crippen LogP contribution in [0.4, 0.5) is 11.4 Å². The molecule has 1 heterocycles. The second-order valence-corrected chi connectivity index (χ2v) is 6.40. The standard InChI is InChI=1S/C18H21N3O2/c1-12(22)20-14-7-5-6-13(10-14)17(23)21-15-8-9-19-16(11-15)18(2,3)4/h5-11H,1-4H3,(H,20,22)(H,19,21,23). The van der Waals surface area contributed by atoms with E-state index in [9.17, 15) is 9.59 Å². The molecule has 5 nitrogen and oxygen atoms in total. The van der Waals surface area contributed by atoms with Gasteiger partial charge in [-0.05, 0) is 30.3 Å². The number of nitrogens with one attached hydrogen (secondary N) is 2. The van der Waals surface area contributed by atoms with Crippen molar-refractivity contribution in [3.8, 4) is 0 Å². The molecule has 0 aliphatic heterocycles. The normalized spacial score (nSPS) is 11.0. The van der Waals surface area contributed by atoms with Crippen LogP contribution in [0.25, 0.3) is 0 Å². The fourth-order valence-electron chi connectivity index (χ4n) is 2.06. The maximum absolute atomic E-state index is 12.4. The Labute approximate surface area is 136 Å². The summed E-state index contributed by atoms with van der Waals surface area (Å²) in [5, 5.41) is 5.52. The lowest BCUT2D eigenvalue weighted by Gasteiger charge is -2.18. The Bertz CT molecular complexity index is 733. The Kier molecular flexibility index (Phi) is 4.79. The Hall–Kier alpha value is -2.69. The van der Waals surface area contributed by atoms with Crippen molar-refractivity contribution >= 4 is 23.2 Å². The monoisotopic (exact) mass is 311 g/mol. The molecule has 1 aromatic carbocycles. The smallest absolute Gasteiger partial charge is 0.255 e. The van der Waals surface area contributed by atoms with Gasteiger partial charge in [-0.2, -0.15) is 0 Å². The van der Waals surface area contributed by atoms with Gasteiger partial charge in [0.2, 0.25) is 5.91 Å². The van der Waals surface area contributed by atoms with Crippen LogP contribution in [-0.4, -0.2) is 16.8 Å². The van der Waals surface area contributed by atoms with Crippen molar-refractivity contribution in [2.75, 3.05) is 10.6 Å². The number of hydrogen-bond acceptors (Lipinski definition) is 3. The van der Waals surface area contributed by atoms with Gasteiger partial charge in [0.05, 0.1) is 0 Å². The molecule has 23 heavy (non-hydrogen) atoms. The molecule has 1 aromatic heterocycles. The van der Waals surface area contributed by atoms with E-state index < -0.39 is 0 Å². The predicted octanol–water partition coefficient (Wildman–Crippen LogP) is 3.59. The van der Waals surface area contributed by atoms with Gasteiger partial charge in [0.1, 0.15) is 0 Å². The van der Waals surface area contributed by atoms with E-state index in [0.29, 0.717) is 16.9 Å². The molecule has 2 aromatic rings. The molecular weight excluding hydrogens is 290 g/mol. The van der Waals surface area contributed by atoms with Crippen LogP contribution in [-0.2, 0) is 10.2 Å². The molecule has 0 bridgehead atoms. The van der Waals surface area contributed by atoms with E-state index in [1.54, 1.807) is 36.5 Å². The molecule has 2 rings (SSSR count). The van der Waals surface area contributed by atoms with Gasteiger partial charge in [0, 0.05) is 41.2 Å². The van der Waals surface area contributed by atoms with Crippen molar-refractivity contribution in [2.24, 2.45) is 0 Å². The number of aromatic nitrogens is 1. The molecule has 0 aliphatic carbocycles. The Morgan fingerprint density at radius 1 is 1.00 bits per heavy atom. The van der Waals surface area contributed by atoms with Crippen molar-refractivity contribution in [1.29, 1.82) is 0 Å². The number of nitrogens with zero attached hydrogens (tertiary/aromatic N) is 1. The topological polar surface area (TPSA) is 71.1 Å². The summed E-state index contributed by atoms with van der Waals surface area (Å²) in [7, 11) is 0. The first-order chi connectivity index (χ1) is 10.8. The molecule has 0 atom stereocenters. The average molecular weight is 311 g/mol. The van der Waals surface area contributed by atoms with Gasteiger partial charge >= 0.3 is 0 Å². The van der Waals surface area contributed by atoms with Crippen molar-refractivity contribution in [3.05, 3.63) is 53.9 Å². The molecule has 0 saturated heterocycles. The van der Waals surface area contributed by atoms with E-state index in [1.807, 2.05) is 6.07 Å². The van der Waals surface area contributed by atoms with Crippen molar-refractivity contribution in [2.45, 2.75) is 33.1 Å². The second kappa shape index (κ2) is 6.60. The van der Waals surface area contributed by atoms with Gasteiger partial charge in [-0.1, -0.05) is 26.8 Å². The number of carbonyl (C=O) groups is 2. The summed E-state index contributed by atoms with van der Waals surface area (Å²) in [6.45, 7) is 7.63. The lowest BCUT2D eigenvalue weighted by molar-refractivity contribution is -0.114. The third kappa shape index (κ3) is 4.64. The third-order valence-electron chi connectivity index (χ3n) is 3.23. The molecule has 0 aliphatic rings. The first-order valence-corrected chi connectivity index (χ1v) is 7.41. The summed E-state index contributed by atoms with van der Waals surface area (Å²) in [5.41, 5.74) is 2.58. The second-order valence-electron chi connectivity index (χ2n) is 6.40. The minimum absolute atomic E-state index is 0.0912. The highest BCUT2D eigenvalue weighted by atomic mass is 16.2. The number of benzene rings is 1.